The Morgan fingerprint density at radius 2 is 2.24 bits per heavy atom. The fourth-order valence-corrected chi connectivity index (χ4v) is 3.66. The third kappa shape index (κ3) is 4.15. The van der Waals surface area contributed by atoms with Crippen molar-refractivity contribution in [1.29, 1.82) is 0 Å². The molecule has 0 saturated carbocycles. The van der Waals surface area contributed by atoms with E-state index in [-0.39, 0.29) is 12.6 Å². The van der Waals surface area contributed by atoms with Crippen LogP contribution in [0.1, 0.15) is 17.7 Å². The van der Waals surface area contributed by atoms with Gasteiger partial charge in [0.05, 0.1) is 30.5 Å². The van der Waals surface area contributed by atoms with Crippen molar-refractivity contribution in [3.8, 4) is 0 Å². The number of amides is 2. The van der Waals surface area contributed by atoms with E-state index < -0.39 is 11.8 Å². The summed E-state index contributed by atoms with van der Waals surface area (Å²) < 4.78 is 16.1. The molecule has 1 atom stereocenters. The summed E-state index contributed by atoms with van der Waals surface area (Å²) in [5, 5.41) is 8.91. The van der Waals surface area contributed by atoms with E-state index in [2.05, 4.69) is 37.3 Å². The summed E-state index contributed by atoms with van der Waals surface area (Å²) in [5.74, 6) is -0.394. The Kier molecular flexibility index (Phi) is 5.26. The van der Waals surface area contributed by atoms with E-state index in [1.54, 1.807) is 18.3 Å². The first-order valence-electron chi connectivity index (χ1n) is 10.2. The molecule has 5 rings (SSSR count). The molecule has 3 aromatic heterocycles. The summed E-state index contributed by atoms with van der Waals surface area (Å²) in [7, 11) is 0. The van der Waals surface area contributed by atoms with Crippen molar-refractivity contribution in [3.05, 3.63) is 60.3 Å². The molecule has 4 heterocycles. The summed E-state index contributed by atoms with van der Waals surface area (Å²) in [4.78, 5) is 31.3. The maximum absolute atomic E-state index is 14.6. The van der Waals surface area contributed by atoms with Crippen LogP contribution in [0.25, 0.3) is 27.9 Å². The Hall–Kier alpha value is -4.19. The van der Waals surface area contributed by atoms with Crippen LogP contribution in [0.2, 0.25) is 0 Å². The summed E-state index contributed by atoms with van der Waals surface area (Å²) in [6, 6.07) is 6.31. The molecule has 4 aromatic rings. The molecule has 168 valence electrons. The number of carbonyl (C=O) groups excluding carboxylic acids is 1. The second kappa shape index (κ2) is 8.39. The largest absolute Gasteiger partial charge is 0.351 e. The Bertz CT molecular complexity index is 1370. The van der Waals surface area contributed by atoms with Gasteiger partial charge in [-0.2, -0.15) is 0 Å². The number of nitrogens with one attached hydrogen (secondary N) is 1. The number of benzene rings is 1. The zero-order valence-corrected chi connectivity index (χ0v) is 17.5. The number of hydroxylamine groups is 1. The number of hydrogen-bond donors (Lipinski definition) is 2. The molecule has 0 spiro atoms. The van der Waals surface area contributed by atoms with Gasteiger partial charge in [-0.05, 0) is 18.6 Å². The van der Waals surface area contributed by atoms with Crippen molar-refractivity contribution in [3.63, 3.8) is 0 Å². The molecule has 1 fully saturated rings. The van der Waals surface area contributed by atoms with Crippen LogP contribution < -0.4 is 11.2 Å². The number of fused-ring (bicyclic) bond motifs is 2. The van der Waals surface area contributed by atoms with E-state index in [4.69, 9.17) is 10.6 Å². The van der Waals surface area contributed by atoms with Gasteiger partial charge in [-0.15, -0.1) is 5.10 Å². The molecule has 3 N–H and O–H groups in total. The van der Waals surface area contributed by atoms with Gasteiger partial charge in [0.15, 0.2) is 5.65 Å². The molecule has 12 heteroatoms. The lowest BCUT2D eigenvalue weighted by Gasteiger charge is -2.15. The molecule has 1 aliphatic heterocycles. The van der Waals surface area contributed by atoms with E-state index >= 15 is 0 Å². The van der Waals surface area contributed by atoms with Crippen molar-refractivity contribution < 1.29 is 14.0 Å². The fourth-order valence-electron chi connectivity index (χ4n) is 3.66. The zero-order valence-electron chi connectivity index (χ0n) is 17.5. The van der Waals surface area contributed by atoms with Gasteiger partial charge in [0.25, 0.3) is 0 Å². The number of hydrogen-bond acceptors (Lipinski definition) is 8. The topological polar surface area (TPSA) is 137 Å². The Balaban J connectivity index is 1.33. The van der Waals surface area contributed by atoms with Crippen molar-refractivity contribution in [2.24, 2.45) is 5.73 Å². The van der Waals surface area contributed by atoms with Crippen LogP contribution >= 0.6 is 0 Å². The second-order valence-electron chi connectivity index (χ2n) is 7.68. The van der Waals surface area contributed by atoms with E-state index in [1.807, 2.05) is 6.07 Å². The highest BCUT2D eigenvalue weighted by Crippen LogP contribution is 2.20. The summed E-state index contributed by atoms with van der Waals surface area (Å²) in [5.41, 5.74) is 10.5. The van der Waals surface area contributed by atoms with E-state index in [0.29, 0.717) is 53.3 Å². The third-order valence-corrected chi connectivity index (χ3v) is 5.43. The number of aromatic nitrogens is 6. The van der Waals surface area contributed by atoms with Crippen LogP contribution in [0.5, 0.6) is 0 Å². The molecule has 11 nitrogen and oxygen atoms in total. The SMILES string of the molecule is C=C(NOC1CCN(C(N)=O)C1)c1cnc2nnn(Cc3cc4cccnc4cc3F)c2n1. The number of likely N-dealkylation sites (tertiary alicyclic amines) is 1. The number of halogens is 1. The highest BCUT2D eigenvalue weighted by atomic mass is 19.1. The predicted octanol–water partition coefficient (Wildman–Crippen LogP) is 1.60. The van der Waals surface area contributed by atoms with Gasteiger partial charge in [-0.25, -0.2) is 23.8 Å². The molecule has 1 aliphatic rings. The lowest BCUT2D eigenvalue weighted by atomic mass is 10.1. The summed E-state index contributed by atoms with van der Waals surface area (Å²) in [6.45, 7) is 4.98. The van der Waals surface area contributed by atoms with E-state index in [0.717, 1.165) is 5.39 Å². The highest BCUT2D eigenvalue weighted by Gasteiger charge is 2.26. The van der Waals surface area contributed by atoms with Gasteiger partial charge in [-0.1, -0.05) is 17.9 Å². The maximum atomic E-state index is 14.6. The van der Waals surface area contributed by atoms with Crippen molar-refractivity contribution in [2.45, 2.75) is 19.1 Å². The molecular weight excluding hydrogens is 429 g/mol. The average molecular weight is 449 g/mol. The molecule has 0 bridgehead atoms. The molecule has 0 radical (unpaired) electrons. The number of carbonyl (C=O) groups is 1. The predicted molar refractivity (Wildman–Crippen MR) is 117 cm³/mol. The second-order valence-corrected chi connectivity index (χ2v) is 7.68. The molecular formula is C21H20FN9O2. The molecule has 1 saturated heterocycles. The number of rotatable bonds is 6. The average Bonchev–Trinajstić information content (AvgIpc) is 3.45. The van der Waals surface area contributed by atoms with Crippen molar-refractivity contribution >= 4 is 33.9 Å². The van der Waals surface area contributed by atoms with Crippen LogP contribution in [-0.2, 0) is 11.4 Å². The van der Waals surface area contributed by atoms with Gasteiger partial charge >= 0.3 is 6.03 Å². The fraction of sp³-hybridized carbons (Fsp3) is 0.238. The number of pyridine rings is 1. The Morgan fingerprint density at radius 1 is 1.36 bits per heavy atom. The number of nitrogens with zero attached hydrogens (tertiary/aromatic N) is 7. The number of primary amides is 1. The number of nitrogens with two attached hydrogens (primary N) is 1. The lowest BCUT2D eigenvalue weighted by Crippen LogP contribution is -2.35. The summed E-state index contributed by atoms with van der Waals surface area (Å²) in [6.07, 6.45) is 3.54. The first kappa shape index (κ1) is 20.7. The van der Waals surface area contributed by atoms with Gasteiger partial charge < -0.3 is 10.6 Å². The molecule has 1 aromatic carbocycles. The minimum atomic E-state index is -0.476. The van der Waals surface area contributed by atoms with E-state index in [1.165, 1.54) is 21.8 Å². The van der Waals surface area contributed by atoms with Crippen molar-refractivity contribution in [1.82, 2.24) is 40.3 Å². The van der Waals surface area contributed by atoms with Crippen LogP contribution in [0.4, 0.5) is 9.18 Å². The first-order valence-corrected chi connectivity index (χ1v) is 10.2. The van der Waals surface area contributed by atoms with Crippen LogP contribution in [0.15, 0.2) is 43.2 Å². The Labute approximate surface area is 187 Å². The van der Waals surface area contributed by atoms with Crippen LogP contribution in [0, 0.1) is 5.82 Å². The van der Waals surface area contributed by atoms with Gasteiger partial charge in [0.2, 0.25) is 5.65 Å². The van der Waals surface area contributed by atoms with Gasteiger partial charge in [0.1, 0.15) is 17.6 Å². The normalized spacial score (nSPS) is 15.9. The van der Waals surface area contributed by atoms with Crippen LogP contribution in [0.3, 0.4) is 0 Å². The maximum Gasteiger partial charge on any atom is 0.314 e. The number of urea groups is 1. The quantitative estimate of drug-likeness (QED) is 0.424. The van der Waals surface area contributed by atoms with Gasteiger partial charge in [0, 0.05) is 29.8 Å². The smallest absolute Gasteiger partial charge is 0.314 e. The first-order chi connectivity index (χ1) is 16.0. The summed E-state index contributed by atoms with van der Waals surface area (Å²) >= 11 is 0. The minimum Gasteiger partial charge on any atom is -0.351 e. The monoisotopic (exact) mass is 449 g/mol. The van der Waals surface area contributed by atoms with E-state index in [9.17, 15) is 9.18 Å². The third-order valence-electron chi connectivity index (χ3n) is 5.43. The van der Waals surface area contributed by atoms with Gasteiger partial charge in [-0.3, -0.25) is 15.3 Å². The van der Waals surface area contributed by atoms with Crippen molar-refractivity contribution in [2.75, 3.05) is 13.1 Å². The minimum absolute atomic E-state index is 0.118. The molecule has 2 amide bonds. The zero-order chi connectivity index (χ0) is 22.9. The molecule has 1 unspecified atom stereocenters. The highest BCUT2D eigenvalue weighted by molar-refractivity contribution is 5.79. The standard InChI is InChI=1S/C21H20FN9O2/c1-12(28-33-15-4-6-30(11-15)21(23)32)18-9-25-19-20(26-18)31(29-27-19)10-14-7-13-3-2-5-24-17(13)8-16(14)22/h2-3,5,7-9,15,28H,1,4,6,10-11H2,(H2,23,32). The van der Waals surface area contributed by atoms with Crippen LogP contribution in [-0.4, -0.2) is 60.1 Å². The lowest BCUT2D eigenvalue weighted by molar-refractivity contribution is 0.0130. The Morgan fingerprint density at radius 3 is 3.06 bits per heavy atom. The molecule has 33 heavy (non-hydrogen) atoms. The molecule has 0 aliphatic carbocycles.